The number of likely N-dealkylation sites (N-methyl/N-ethyl adjacent to an activating group) is 1. The molecule has 0 unspecified atom stereocenters. The summed E-state index contributed by atoms with van der Waals surface area (Å²) in [5, 5.41) is 0. The second-order valence-electron chi connectivity index (χ2n) is 5.32. The SMILES string of the molecule is CCCCN(C)C(=O)CN(C(C)=O)c1ccc(C(F)(F)F)cc1. The molecule has 23 heavy (non-hydrogen) atoms. The Bertz CT molecular complexity index is 541. The van der Waals surface area contributed by atoms with E-state index >= 15 is 0 Å². The molecule has 0 radical (unpaired) electrons. The molecule has 1 rings (SSSR count). The van der Waals surface area contributed by atoms with Gasteiger partial charge in [0.25, 0.3) is 0 Å². The van der Waals surface area contributed by atoms with E-state index in [1.165, 1.54) is 28.9 Å². The Morgan fingerprint density at radius 2 is 1.70 bits per heavy atom. The molecule has 0 fully saturated rings. The highest BCUT2D eigenvalue weighted by Crippen LogP contribution is 2.30. The summed E-state index contributed by atoms with van der Waals surface area (Å²) in [6, 6.07) is 4.19. The number of anilines is 1. The lowest BCUT2D eigenvalue weighted by atomic mass is 10.2. The van der Waals surface area contributed by atoms with Crippen LogP contribution in [0, 0.1) is 0 Å². The maximum Gasteiger partial charge on any atom is 0.416 e. The molecule has 0 saturated carbocycles. The van der Waals surface area contributed by atoms with E-state index in [-0.39, 0.29) is 18.1 Å². The molecular weight excluding hydrogens is 309 g/mol. The number of alkyl halides is 3. The standard InChI is InChI=1S/C16H21F3N2O2/c1-4-5-10-20(3)15(23)11-21(12(2)22)14-8-6-13(7-9-14)16(17,18)19/h6-9H,4-5,10-11H2,1-3H3. The molecule has 0 aliphatic heterocycles. The topological polar surface area (TPSA) is 40.6 Å². The van der Waals surface area contributed by atoms with Crippen LogP contribution in [0.5, 0.6) is 0 Å². The van der Waals surface area contributed by atoms with Crippen molar-refractivity contribution >= 4 is 17.5 Å². The lowest BCUT2D eigenvalue weighted by Crippen LogP contribution is -2.41. The molecule has 0 heterocycles. The van der Waals surface area contributed by atoms with Gasteiger partial charge < -0.3 is 9.80 Å². The molecule has 1 aromatic rings. The Morgan fingerprint density at radius 1 is 1.13 bits per heavy atom. The van der Waals surface area contributed by atoms with Gasteiger partial charge in [-0.25, -0.2) is 0 Å². The zero-order valence-corrected chi connectivity index (χ0v) is 13.5. The van der Waals surface area contributed by atoms with Crippen LogP contribution in [0.25, 0.3) is 0 Å². The van der Waals surface area contributed by atoms with Gasteiger partial charge in [0.05, 0.1) is 5.56 Å². The van der Waals surface area contributed by atoms with Crippen molar-refractivity contribution in [1.29, 1.82) is 0 Å². The number of hydrogen-bond acceptors (Lipinski definition) is 2. The van der Waals surface area contributed by atoms with Crippen LogP contribution in [-0.2, 0) is 15.8 Å². The summed E-state index contributed by atoms with van der Waals surface area (Å²) < 4.78 is 37.7. The predicted octanol–water partition coefficient (Wildman–Crippen LogP) is 3.32. The summed E-state index contributed by atoms with van der Waals surface area (Å²) in [5.74, 6) is -0.657. The van der Waals surface area contributed by atoms with Gasteiger partial charge in [-0.1, -0.05) is 13.3 Å². The predicted molar refractivity (Wildman–Crippen MR) is 82.0 cm³/mol. The number of rotatable bonds is 6. The minimum Gasteiger partial charge on any atom is -0.344 e. The van der Waals surface area contributed by atoms with E-state index in [9.17, 15) is 22.8 Å². The van der Waals surface area contributed by atoms with Crippen molar-refractivity contribution in [2.45, 2.75) is 32.9 Å². The van der Waals surface area contributed by atoms with E-state index in [1.54, 1.807) is 7.05 Å². The van der Waals surface area contributed by atoms with Crippen molar-refractivity contribution in [3.8, 4) is 0 Å². The summed E-state index contributed by atoms with van der Waals surface area (Å²) in [7, 11) is 1.64. The average Bonchev–Trinajstić information content (AvgIpc) is 2.48. The minimum absolute atomic E-state index is 0.194. The maximum absolute atomic E-state index is 12.6. The number of carbonyl (C=O) groups is 2. The monoisotopic (exact) mass is 330 g/mol. The van der Waals surface area contributed by atoms with Gasteiger partial charge >= 0.3 is 6.18 Å². The Kier molecular flexibility index (Phi) is 6.60. The van der Waals surface area contributed by atoms with Crippen molar-refractivity contribution < 1.29 is 22.8 Å². The van der Waals surface area contributed by atoms with Gasteiger partial charge in [0.1, 0.15) is 6.54 Å². The molecule has 1 aromatic carbocycles. The molecule has 0 aromatic heterocycles. The Hall–Kier alpha value is -2.05. The number of benzene rings is 1. The van der Waals surface area contributed by atoms with Crippen LogP contribution in [0.15, 0.2) is 24.3 Å². The van der Waals surface area contributed by atoms with Gasteiger partial charge in [0.15, 0.2) is 0 Å². The molecule has 0 bridgehead atoms. The first-order valence-electron chi connectivity index (χ1n) is 7.36. The lowest BCUT2D eigenvalue weighted by Gasteiger charge is -2.24. The van der Waals surface area contributed by atoms with Crippen LogP contribution in [0.1, 0.15) is 32.3 Å². The van der Waals surface area contributed by atoms with E-state index in [0.717, 1.165) is 25.0 Å². The molecule has 4 nitrogen and oxygen atoms in total. The van der Waals surface area contributed by atoms with Crippen LogP contribution in [0.3, 0.4) is 0 Å². The Morgan fingerprint density at radius 3 is 2.13 bits per heavy atom. The fourth-order valence-corrected chi connectivity index (χ4v) is 1.99. The van der Waals surface area contributed by atoms with Gasteiger partial charge in [-0.15, -0.1) is 0 Å². The van der Waals surface area contributed by atoms with Gasteiger partial charge in [0.2, 0.25) is 11.8 Å². The normalized spacial score (nSPS) is 11.2. The third kappa shape index (κ3) is 5.58. The number of halogens is 3. The van der Waals surface area contributed by atoms with E-state index in [4.69, 9.17) is 0 Å². The molecule has 0 saturated heterocycles. The quantitative estimate of drug-likeness (QED) is 0.803. The first-order chi connectivity index (χ1) is 10.7. The third-order valence-electron chi connectivity index (χ3n) is 3.45. The zero-order valence-electron chi connectivity index (χ0n) is 13.5. The second-order valence-corrected chi connectivity index (χ2v) is 5.32. The van der Waals surface area contributed by atoms with Crippen LogP contribution >= 0.6 is 0 Å². The molecule has 0 N–H and O–H groups in total. The smallest absolute Gasteiger partial charge is 0.344 e. The first kappa shape index (κ1) is 19.0. The Labute approximate surface area is 133 Å². The van der Waals surface area contributed by atoms with Crippen LogP contribution < -0.4 is 4.90 Å². The van der Waals surface area contributed by atoms with Crippen LogP contribution in [0.2, 0.25) is 0 Å². The molecule has 128 valence electrons. The van der Waals surface area contributed by atoms with Crippen molar-refractivity contribution in [2.75, 3.05) is 25.0 Å². The minimum atomic E-state index is -4.43. The Balaban J connectivity index is 2.87. The molecule has 0 aliphatic rings. The van der Waals surface area contributed by atoms with Crippen molar-refractivity contribution in [2.24, 2.45) is 0 Å². The molecule has 0 atom stereocenters. The van der Waals surface area contributed by atoms with Crippen molar-refractivity contribution in [3.05, 3.63) is 29.8 Å². The highest BCUT2D eigenvalue weighted by atomic mass is 19.4. The summed E-state index contributed by atoms with van der Waals surface area (Å²) >= 11 is 0. The number of carbonyl (C=O) groups excluding carboxylic acids is 2. The fraction of sp³-hybridized carbons (Fsp3) is 0.500. The number of nitrogens with zero attached hydrogens (tertiary/aromatic N) is 2. The van der Waals surface area contributed by atoms with E-state index in [2.05, 4.69) is 0 Å². The van der Waals surface area contributed by atoms with Crippen LogP contribution in [-0.4, -0.2) is 36.9 Å². The molecule has 2 amide bonds. The summed E-state index contributed by atoms with van der Waals surface area (Å²) in [4.78, 5) is 26.5. The first-order valence-corrected chi connectivity index (χ1v) is 7.36. The largest absolute Gasteiger partial charge is 0.416 e. The second kappa shape index (κ2) is 7.99. The average molecular weight is 330 g/mol. The molecule has 0 aliphatic carbocycles. The molecule has 0 spiro atoms. The fourth-order valence-electron chi connectivity index (χ4n) is 1.99. The lowest BCUT2D eigenvalue weighted by molar-refractivity contribution is -0.137. The molecule has 7 heteroatoms. The molecular formula is C16H21F3N2O2. The van der Waals surface area contributed by atoms with Gasteiger partial charge in [-0.3, -0.25) is 9.59 Å². The van der Waals surface area contributed by atoms with Gasteiger partial charge in [0, 0.05) is 26.2 Å². The van der Waals surface area contributed by atoms with E-state index < -0.39 is 17.6 Å². The third-order valence-corrected chi connectivity index (χ3v) is 3.45. The summed E-state index contributed by atoms with van der Waals surface area (Å²) in [6.45, 7) is 3.66. The van der Waals surface area contributed by atoms with Gasteiger partial charge in [-0.05, 0) is 30.7 Å². The number of hydrogen-bond donors (Lipinski definition) is 0. The number of amides is 2. The van der Waals surface area contributed by atoms with Crippen molar-refractivity contribution in [1.82, 2.24) is 4.90 Å². The van der Waals surface area contributed by atoms with E-state index in [1.807, 2.05) is 6.92 Å². The summed E-state index contributed by atoms with van der Waals surface area (Å²) in [5.41, 5.74) is -0.529. The van der Waals surface area contributed by atoms with E-state index in [0.29, 0.717) is 6.54 Å². The highest BCUT2D eigenvalue weighted by molar-refractivity contribution is 5.97. The number of unbranched alkanes of at least 4 members (excludes halogenated alkanes) is 1. The highest BCUT2D eigenvalue weighted by Gasteiger charge is 2.30. The maximum atomic E-state index is 12.6. The van der Waals surface area contributed by atoms with Gasteiger partial charge in [-0.2, -0.15) is 13.2 Å². The van der Waals surface area contributed by atoms with Crippen LogP contribution in [0.4, 0.5) is 18.9 Å². The van der Waals surface area contributed by atoms with Crippen molar-refractivity contribution in [3.63, 3.8) is 0 Å². The summed E-state index contributed by atoms with van der Waals surface area (Å²) in [6.07, 6.45) is -2.65. The zero-order chi connectivity index (χ0) is 17.6.